The lowest BCUT2D eigenvalue weighted by Crippen LogP contribution is -2.08. The minimum Gasteiger partial charge on any atom is -0.506 e. The topological polar surface area (TPSA) is 63.6 Å². The molecular formula is C16H16O4. The van der Waals surface area contributed by atoms with E-state index in [-0.39, 0.29) is 11.3 Å². The molecule has 0 unspecified atom stereocenters. The van der Waals surface area contributed by atoms with E-state index < -0.39 is 11.6 Å². The molecule has 0 bridgehead atoms. The van der Waals surface area contributed by atoms with Crippen molar-refractivity contribution in [1.82, 2.24) is 0 Å². The molecule has 4 heteroatoms. The number of ketones is 2. The van der Waals surface area contributed by atoms with E-state index in [1.54, 1.807) is 24.3 Å². The molecule has 0 saturated carbocycles. The molecule has 2 rings (SSSR count). The molecule has 0 fully saturated rings. The van der Waals surface area contributed by atoms with E-state index in [1.807, 2.05) is 6.92 Å². The number of aliphatic hydroxyl groups is 1. The number of Topliss-reactive ketones (excluding diaryl/α,β-unsaturated/α-hetero) is 1. The molecule has 1 aliphatic carbocycles. The SMILES string of the molecule is CCCCO/C=C/C(=O)C1=C(O)c2ccccc2C1=O. The van der Waals surface area contributed by atoms with Crippen LogP contribution in [0, 0.1) is 0 Å². The van der Waals surface area contributed by atoms with Gasteiger partial charge in [-0.15, -0.1) is 0 Å². The number of benzene rings is 1. The zero-order valence-electron chi connectivity index (χ0n) is 11.3. The summed E-state index contributed by atoms with van der Waals surface area (Å²) >= 11 is 0. The van der Waals surface area contributed by atoms with E-state index in [4.69, 9.17) is 4.74 Å². The highest BCUT2D eigenvalue weighted by molar-refractivity contribution is 6.36. The highest BCUT2D eigenvalue weighted by Crippen LogP contribution is 2.31. The molecule has 20 heavy (non-hydrogen) atoms. The van der Waals surface area contributed by atoms with Crippen LogP contribution in [0.4, 0.5) is 0 Å². The number of aliphatic hydroxyl groups excluding tert-OH is 1. The number of hydrogen-bond donors (Lipinski definition) is 1. The first kappa shape index (κ1) is 14.1. The Bertz CT molecular complexity index is 596. The summed E-state index contributed by atoms with van der Waals surface area (Å²) in [6.45, 7) is 2.56. The van der Waals surface area contributed by atoms with Crippen LogP contribution in [0.2, 0.25) is 0 Å². The molecule has 1 aromatic carbocycles. The molecule has 0 radical (unpaired) electrons. The van der Waals surface area contributed by atoms with Gasteiger partial charge in [0.2, 0.25) is 5.78 Å². The second-order valence-corrected chi connectivity index (χ2v) is 4.49. The number of hydrogen-bond acceptors (Lipinski definition) is 4. The van der Waals surface area contributed by atoms with Gasteiger partial charge in [-0.3, -0.25) is 9.59 Å². The zero-order valence-corrected chi connectivity index (χ0v) is 11.3. The van der Waals surface area contributed by atoms with Gasteiger partial charge < -0.3 is 9.84 Å². The molecule has 0 saturated heterocycles. The summed E-state index contributed by atoms with van der Waals surface area (Å²) in [6.07, 6.45) is 4.35. The van der Waals surface area contributed by atoms with Crippen LogP contribution in [0.15, 0.2) is 42.2 Å². The number of allylic oxidation sites excluding steroid dienone is 2. The first-order valence-electron chi connectivity index (χ1n) is 6.56. The highest BCUT2D eigenvalue weighted by atomic mass is 16.5. The van der Waals surface area contributed by atoms with Crippen molar-refractivity contribution >= 4 is 17.3 Å². The summed E-state index contributed by atoms with van der Waals surface area (Å²) in [7, 11) is 0. The van der Waals surface area contributed by atoms with Crippen LogP contribution in [0.5, 0.6) is 0 Å². The Morgan fingerprint density at radius 2 is 2.00 bits per heavy atom. The standard InChI is InChI=1S/C16H16O4/c1-2-3-9-20-10-8-13(17)14-15(18)11-6-4-5-7-12(11)16(14)19/h4-8,10,18H,2-3,9H2,1H3/b10-8+. The van der Waals surface area contributed by atoms with Gasteiger partial charge in [-0.05, 0) is 6.42 Å². The maximum atomic E-state index is 12.1. The average Bonchev–Trinajstić information content (AvgIpc) is 2.71. The van der Waals surface area contributed by atoms with Gasteiger partial charge >= 0.3 is 0 Å². The fourth-order valence-corrected chi connectivity index (χ4v) is 1.98. The number of carbonyl (C=O) groups is 2. The number of rotatable bonds is 6. The van der Waals surface area contributed by atoms with Crippen LogP contribution in [0.3, 0.4) is 0 Å². The van der Waals surface area contributed by atoms with E-state index in [0.29, 0.717) is 17.7 Å². The Kier molecular flexibility index (Phi) is 4.35. The van der Waals surface area contributed by atoms with Crippen molar-refractivity contribution in [2.45, 2.75) is 19.8 Å². The first-order valence-corrected chi connectivity index (χ1v) is 6.56. The zero-order chi connectivity index (χ0) is 14.5. The second kappa shape index (κ2) is 6.19. The Labute approximate surface area is 117 Å². The molecule has 4 nitrogen and oxygen atoms in total. The van der Waals surface area contributed by atoms with Gasteiger partial charge in [0.1, 0.15) is 11.3 Å². The molecule has 0 spiro atoms. The summed E-state index contributed by atoms with van der Waals surface area (Å²) in [6, 6.07) is 6.61. The summed E-state index contributed by atoms with van der Waals surface area (Å²) < 4.78 is 5.13. The Balaban J connectivity index is 2.12. The van der Waals surface area contributed by atoms with Gasteiger partial charge in [0.05, 0.1) is 12.9 Å². The summed E-state index contributed by atoms with van der Waals surface area (Å²) in [5.74, 6) is -1.24. The fourth-order valence-electron chi connectivity index (χ4n) is 1.98. The number of fused-ring (bicyclic) bond motifs is 1. The van der Waals surface area contributed by atoms with Crippen molar-refractivity contribution in [3.63, 3.8) is 0 Å². The molecule has 1 aromatic rings. The molecule has 0 aliphatic heterocycles. The smallest absolute Gasteiger partial charge is 0.201 e. The molecule has 1 aliphatic rings. The van der Waals surface area contributed by atoms with Crippen molar-refractivity contribution in [3.05, 3.63) is 53.3 Å². The van der Waals surface area contributed by atoms with E-state index in [0.717, 1.165) is 12.8 Å². The Morgan fingerprint density at radius 3 is 2.65 bits per heavy atom. The van der Waals surface area contributed by atoms with Crippen LogP contribution in [-0.2, 0) is 9.53 Å². The largest absolute Gasteiger partial charge is 0.506 e. The summed E-state index contributed by atoms with van der Waals surface area (Å²) in [5, 5.41) is 9.99. The number of unbranched alkanes of at least 4 members (excludes halogenated alkanes) is 1. The summed E-state index contributed by atoms with van der Waals surface area (Å²) in [4.78, 5) is 24.0. The van der Waals surface area contributed by atoms with E-state index >= 15 is 0 Å². The first-order chi connectivity index (χ1) is 9.66. The van der Waals surface area contributed by atoms with Gasteiger partial charge in [-0.2, -0.15) is 0 Å². The Morgan fingerprint density at radius 1 is 1.30 bits per heavy atom. The quantitative estimate of drug-likeness (QED) is 0.374. The van der Waals surface area contributed by atoms with Crippen LogP contribution < -0.4 is 0 Å². The summed E-state index contributed by atoms with van der Waals surface area (Å²) in [5.41, 5.74) is 0.566. The van der Waals surface area contributed by atoms with Crippen LogP contribution >= 0.6 is 0 Å². The lowest BCUT2D eigenvalue weighted by molar-refractivity contribution is -0.111. The average molecular weight is 272 g/mol. The van der Waals surface area contributed by atoms with E-state index in [9.17, 15) is 14.7 Å². The Hall–Kier alpha value is -2.36. The normalized spacial score (nSPS) is 13.9. The molecule has 0 atom stereocenters. The molecular weight excluding hydrogens is 256 g/mol. The lowest BCUT2D eigenvalue weighted by Gasteiger charge is -1.98. The van der Waals surface area contributed by atoms with Crippen molar-refractivity contribution < 1.29 is 19.4 Å². The number of ether oxygens (including phenoxy) is 1. The fraction of sp³-hybridized carbons (Fsp3) is 0.250. The van der Waals surface area contributed by atoms with Crippen LogP contribution in [0.25, 0.3) is 5.76 Å². The lowest BCUT2D eigenvalue weighted by atomic mass is 10.1. The van der Waals surface area contributed by atoms with Gasteiger partial charge in [-0.25, -0.2) is 0 Å². The molecule has 1 N–H and O–H groups in total. The molecule has 0 aromatic heterocycles. The van der Waals surface area contributed by atoms with Gasteiger partial charge in [0, 0.05) is 17.2 Å². The van der Waals surface area contributed by atoms with Crippen molar-refractivity contribution in [2.24, 2.45) is 0 Å². The van der Waals surface area contributed by atoms with Crippen molar-refractivity contribution in [2.75, 3.05) is 6.61 Å². The van der Waals surface area contributed by atoms with Crippen LogP contribution in [-0.4, -0.2) is 23.3 Å². The predicted molar refractivity (Wildman–Crippen MR) is 75.3 cm³/mol. The third-order valence-corrected chi connectivity index (χ3v) is 3.07. The van der Waals surface area contributed by atoms with Gasteiger partial charge in [-0.1, -0.05) is 37.6 Å². The van der Waals surface area contributed by atoms with Crippen molar-refractivity contribution in [1.29, 1.82) is 0 Å². The molecule has 104 valence electrons. The monoisotopic (exact) mass is 272 g/mol. The highest BCUT2D eigenvalue weighted by Gasteiger charge is 2.32. The molecule has 0 heterocycles. The third kappa shape index (κ3) is 2.64. The second-order valence-electron chi connectivity index (χ2n) is 4.49. The van der Waals surface area contributed by atoms with E-state index in [2.05, 4.69) is 0 Å². The number of carbonyl (C=O) groups excluding carboxylic acids is 2. The maximum absolute atomic E-state index is 12.1. The van der Waals surface area contributed by atoms with Crippen LogP contribution in [0.1, 0.15) is 35.7 Å². The van der Waals surface area contributed by atoms with E-state index in [1.165, 1.54) is 12.3 Å². The van der Waals surface area contributed by atoms with Gasteiger partial charge in [0.15, 0.2) is 5.78 Å². The third-order valence-electron chi connectivity index (χ3n) is 3.07. The van der Waals surface area contributed by atoms with Crippen molar-refractivity contribution in [3.8, 4) is 0 Å². The minimum absolute atomic E-state index is 0.193. The van der Waals surface area contributed by atoms with Gasteiger partial charge in [0.25, 0.3) is 0 Å². The molecule has 0 amide bonds. The minimum atomic E-state index is -0.541. The predicted octanol–water partition coefficient (Wildman–Crippen LogP) is 3.05. The maximum Gasteiger partial charge on any atom is 0.201 e.